The third-order valence-electron chi connectivity index (χ3n) is 3.55. The summed E-state index contributed by atoms with van der Waals surface area (Å²) in [5, 5.41) is 3.91. The molecule has 0 fully saturated rings. The van der Waals surface area contributed by atoms with Gasteiger partial charge in [-0.15, -0.1) is 12.4 Å². The fourth-order valence-electron chi connectivity index (χ4n) is 2.32. The summed E-state index contributed by atoms with van der Waals surface area (Å²) in [4.78, 5) is 0. The Kier molecular flexibility index (Phi) is 10.3. The molecule has 0 atom stereocenters. The minimum Gasteiger partial charge on any atom is -0.493 e. The van der Waals surface area contributed by atoms with Crippen molar-refractivity contribution < 1.29 is 14.2 Å². The third-order valence-corrected chi connectivity index (χ3v) is 3.83. The van der Waals surface area contributed by atoms with Crippen LogP contribution in [-0.2, 0) is 17.9 Å². The first-order chi connectivity index (χ1) is 11.7. The zero-order valence-electron chi connectivity index (χ0n) is 14.6. The fourth-order valence-corrected chi connectivity index (χ4v) is 2.61. The first-order valence-electron chi connectivity index (χ1n) is 7.97. The summed E-state index contributed by atoms with van der Waals surface area (Å²) < 4.78 is 16.3. The highest BCUT2D eigenvalue weighted by Gasteiger charge is 2.12. The van der Waals surface area contributed by atoms with E-state index in [1.54, 1.807) is 14.2 Å². The standard InChI is InChI=1S/C19H24ClNO3.ClH/c1-22-10-6-9-21-13-16-11-17(20)19(18(12-16)23-2)24-14-15-7-4-3-5-8-15;/h3-5,7-8,11-12,21H,6,9-10,13-14H2,1-2H3;1H. The van der Waals surface area contributed by atoms with Gasteiger partial charge in [-0.3, -0.25) is 0 Å². The van der Waals surface area contributed by atoms with Crippen LogP contribution < -0.4 is 14.8 Å². The molecular weight excluding hydrogens is 361 g/mol. The summed E-state index contributed by atoms with van der Waals surface area (Å²) in [6.45, 7) is 2.81. The van der Waals surface area contributed by atoms with Crippen LogP contribution in [0.1, 0.15) is 17.5 Å². The molecule has 0 amide bonds. The molecule has 4 nitrogen and oxygen atoms in total. The Balaban J connectivity index is 0.00000312. The zero-order chi connectivity index (χ0) is 17.2. The maximum atomic E-state index is 6.39. The van der Waals surface area contributed by atoms with Gasteiger partial charge in [0, 0.05) is 20.3 Å². The molecule has 0 bridgehead atoms. The molecule has 25 heavy (non-hydrogen) atoms. The third kappa shape index (κ3) is 7.12. The highest BCUT2D eigenvalue weighted by atomic mass is 35.5. The minimum atomic E-state index is 0. The van der Waals surface area contributed by atoms with Gasteiger partial charge < -0.3 is 19.5 Å². The Bertz CT molecular complexity index is 624. The van der Waals surface area contributed by atoms with Crippen LogP contribution in [0.2, 0.25) is 5.02 Å². The Morgan fingerprint density at radius 1 is 1.04 bits per heavy atom. The van der Waals surface area contributed by atoms with E-state index in [-0.39, 0.29) is 12.4 Å². The van der Waals surface area contributed by atoms with E-state index in [9.17, 15) is 0 Å². The maximum absolute atomic E-state index is 6.39. The van der Waals surface area contributed by atoms with Gasteiger partial charge in [-0.05, 0) is 36.2 Å². The number of rotatable bonds is 10. The van der Waals surface area contributed by atoms with Gasteiger partial charge in [0.1, 0.15) is 6.61 Å². The molecule has 0 aromatic heterocycles. The van der Waals surface area contributed by atoms with Gasteiger partial charge >= 0.3 is 0 Å². The normalized spacial score (nSPS) is 10.2. The van der Waals surface area contributed by atoms with Crippen LogP contribution in [0.5, 0.6) is 11.5 Å². The Labute approximate surface area is 160 Å². The van der Waals surface area contributed by atoms with Crippen LogP contribution >= 0.6 is 24.0 Å². The summed E-state index contributed by atoms with van der Waals surface area (Å²) in [7, 11) is 3.33. The van der Waals surface area contributed by atoms with Gasteiger partial charge in [0.15, 0.2) is 11.5 Å². The summed E-state index contributed by atoms with van der Waals surface area (Å²) in [6, 6.07) is 13.8. The summed E-state index contributed by atoms with van der Waals surface area (Å²) >= 11 is 6.39. The van der Waals surface area contributed by atoms with Crippen molar-refractivity contribution in [3.63, 3.8) is 0 Å². The SMILES string of the molecule is COCCCNCc1cc(Cl)c(OCc2ccccc2)c(OC)c1.Cl. The van der Waals surface area contributed by atoms with Gasteiger partial charge in [-0.2, -0.15) is 0 Å². The van der Waals surface area contributed by atoms with E-state index < -0.39 is 0 Å². The monoisotopic (exact) mass is 385 g/mol. The largest absolute Gasteiger partial charge is 0.493 e. The molecule has 2 rings (SSSR count). The lowest BCUT2D eigenvalue weighted by atomic mass is 10.2. The van der Waals surface area contributed by atoms with Gasteiger partial charge in [0.25, 0.3) is 0 Å². The van der Waals surface area contributed by atoms with Gasteiger partial charge in [-0.1, -0.05) is 41.9 Å². The van der Waals surface area contributed by atoms with E-state index in [1.807, 2.05) is 42.5 Å². The van der Waals surface area contributed by atoms with E-state index >= 15 is 0 Å². The molecule has 0 saturated heterocycles. The van der Waals surface area contributed by atoms with Gasteiger partial charge in [0.2, 0.25) is 0 Å². The van der Waals surface area contributed by atoms with Crippen LogP contribution in [0.4, 0.5) is 0 Å². The van der Waals surface area contributed by atoms with E-state index in [0.717, 1.165) is 37.2 Å². The molecule has 138 valence electrons. The fraction of sp³-hybridized carbons (Fsp3) is 0.368. The lowest BCUT2D eigenvalue weighted by Crippen LogP contribution is -2.16. The molecule has 0 unspecified atom stereocenters. The van der Waals surface area contributed by atoms with Crippen molar-refractivity contribution in [2.75, 3.05) is 27.4 Å². The van der Waals surface area contributed by atoms with Crippen molar-refractivity contribution in [3.8, 4) is 11.5 Å². The molecule has 0 radical (unpaired) electrons. The highest BCUT2D eigenvalue weighted by molar-refractivity contribution is 6.32. The zero-order valence-corrected chi connectivity index (χ0v) is 16.2. The molecule has 2 aromatic rings. The number of hydrogen-bond acceptors (Lipinski definition) is 4. The lowest BCUT2D eigenvalue weighted by Gasteiger charge is -2.14. The molecule has 0 saturated carbocycles. The predicted octanol–water partition coefficient (Wildman–Crippen LogP) is 4.48. The molecular formula is C19H25Cl2NO3. The first kappa shape index (κ1) is 21.6. The van der Waals surface area contributed by atoms with E-state index in [1.165, 1.54) is 0 Å². The molecule has 6 heteroatoms. The predicted molar refractivity (Wildman–Crippen MR) is 104 cm³/mol. The Morgan fingerprint density at radius 2 is 1.80 bits per heavy atom. The van der Waals surface area contributed by atoms with E-state index in [2.05, 4.69) is 5.32 Å². The quantitative estimate of drug-likeness (QED) is 0.612. The molecule has 0 spiro atoms. The highest BCUT2D eigenvalue weighted by Crippen LogP contribution is 2.37. The number of nitrogens with one attached hydrogen (secondary N) is 1. The second-order valence-corrected chi connectivity index (χ2v) is 5.81. The number of benzene rings is 2. The smallest absolute Gasteiger partial charge is 0.180 e. The van der Waals surface area contributed by atoms with Crippen molar-refractivity contribution in [3.05, 3.63) is 58.6 Å². The van der Waals surface area contributed by atoms with Crippen molar-refractivity contribution >= 4 is 24.0 Å². The van der Waals surface area contributed by atoms with Crippen molar-refractivity contribution in [2.45, 2.75) is 19.6 Å². The average molecular weight is 386 g/mol. The minimum absolute atomic E-state index is 0. The Hall–Kier alpha value is -1.46. The topological polar surface area (TPSA) is 39.7 Å². The number of halogens is 2. The molecule has 2 aromatic carbocycles. The summed E-state index contributed by atoms with van der Waals surface area (Å²) in [5.41, 5.74) is 2.14. The molecule has 0 heterocycles. The van der Waals surface area contributed by atoms with Crippen molar-refractivity contribution in [1.82, 2.24) is 5.32 Å². The summed E-state index contributed by atoms with van der Waals surface area (Å²) in [5.74, 6) is 1.22. The maximum Gasteiger partial charge on any atom is 0.180 e. The van der Waals surface area contributed by atoms with Gasteiger partial charge in [0.05, 0.1) is 12.1 Å². The van der Waals surface area contributed by atoms with Crippen LogP contribution in [0.15, 0.2) is 42.5 Å². The number of ether oxygens (including phenoxy) is 3. The van der Waals surface area contributed by atoms with Gasteiger partial charge in [-0.25, -0.2) is 0 Å². The second kappa shape index (κ2) is 12.0. The van der Waals surface area contributed by atoms with Crippen LogP contribution in [-0.4, -0.2) is 27.4 Å². The molecule has 0 aliphatic carbocycles. The number of methoxy groups -OCH3 is 2. The second-order valence-electron chi connectivity index (χ2n) is 5.41. The van der Waals surface area contributed by atoms with Crippen molar-refractivity contribution in [1.29, 1.82) is 0 Å². The van der Waals surface area contributed by atoms with Crippen LogP contribution in [0.25, 0.3) is 0 Å². The molecule has 1 N–H and O–H groups in total. The first-order valence-corrected chi connectivity index (χ1v) is 8.35. The van der Waals surface area contributed by atoms with Crippen LogP contribution in [0, 0.1) is 0 Å². The van der Waals surface area contributed by atoms with E-state index in [0.29, 0.717) is 23.1 Å². The number of hydrogen-bond donors (Lipinski definition) is 1. The molecule has 0 aliphatic rings. The summed E-state index contributed by atoms with van der Waals surface area (Å²) in [6.07, 6.45) is 0.972. The Morgan fingerprint density at radius 3 is 2.48 bits per heavy atom. The average Bonchev–Trinajstić information content (AvgIpc) is 2.61. The molecule has 0 aliphatic heterocycles. The van der Waals surface area contributed by atoms with Crippen LogP contribution in [0.3, 0.4) is 0 Å². The lowest BCUT2D eigenvalue weighted by molar-refractivity contribution is 0.194. The van der Waals surface area contributed by atoms with E-state index in [4.69, 9.17) is 25.8 Å². The van der Waals surface area contributed by atoms with Crippen molar-refractivity contribution in [2.24, 2.45) is 0 Å².